The van der Waals surface area contributed by atoms with Crippen molar-refractivity contribution in [3.05, 3.63) is 59.2 Å². The van der Waals surface area contributed by atoms with Gasteiger partial charge in [-0.3, -0.25) is 9.59 Å². The number of para-hydroxylation sites is 1. The summed E-state index contributed by atoms with van der Waals surface area (Å²) in [6.07, 6.45) is 0.812. The number of rotatable bonds is 1. The van der Waals surface area contributed by atoms with E-state index in [0.29, 0.717) is 6.42 Å². The summed E-state index contributed by atoms with van der Waals surface area (Å²) in [4.78, 5) is 32.3. The van der Waals surface area contributed by atoms with Crippen molar-refractivity contribution < 1.29 is 19.5 Å². The molecule has 0 radical (unpaired) electrons. The van der Waals surface area contributed by atoms with Crippen molar-refractivity contribution in [2.75, 3.05) is 10.6 Å². The topological polar surface area (TPSA) is 95.5 Å². The highest BCUT2D eigenvalue weighted by atomic mass is 16.4. The minimum atomic E-state index is -0.970. The van der Waals surface area contributed by atoms with E-state index in [-0.39, 0.29) is 23.8 Å². The van der Waals surface area contributed by atoms with E-state index in [4.69, 9.17) is 5.11 Å². The number of fused-ring (bicyclic) bond motifs is 2. The summed E-state index contributed by atoms with van der Waals surface area (Å²) in [5, 5.41) is 14.1. The second-order valence-electron chi connectivity index (χ2n) is 5.28. The van der Waals surface area contributed by atoms with Crippen molar-refractivity contribution in [1.82, 2.24) is 0 Å². The van der Waals surface area contributed by atoms with E-state index in [1.165, 1.54) is 12.1 Å². The highest BCUT2D eigenvalue weighted by Gasteiger charge is 2.18. The molecule has 2 amide bonds. The number of amides is 2. The van der Waals surface area contributed by atoms with Crippen molar-refractivity contribution in [3.63, 3.8) is 0 Å². The van der Waals surface area contributed by atoms with Crippen LogP contribution in [0, 0.1) is 0 Å². The van der Waals surface area contributed by atoms with Crippen LogP contribution < -0.4 is 10.6 Å². The van der Waals surface area contributed by atoms with Crippen LogP contribution in [-0.2, 0) is 22.4 Å². The quantitative estimate of drug-likeness (QED) is 0.751. The lowest BCUT2D eigenvalue weighted by atomic mass is 10.1. The van der Waals surface area contributed by atoms with E-state index >= 15 is 0 Å². The molecular formula is C17H14N2O4. The van der Waals surface area contributed by atoms with Crippen LogP contribution in [0.25, 0.3) is 0 Å². The molecule has 0 spiro atoms. The largest absolute Gasteiger partial charge is 0.478 e. The standard InChI is InChI=1S/C9H7NO3.C8H7NO/c11-8-4-6-3-5(9(12)13)1-2-7(6)10-8;10-8-5-6-3-1-2-4-7(6)9-8/h1-3H,4H2,(H,10,11)(H,12,13);1-4H,5H2,(H,9,10). The van der Waals surface area contributed by atoms with Crippen molar-refractivity contribution in [2.45, 2.75) is 12.8 Å². The van der Waals surface area contributed by atoms with Gasteiger partial charge in [-0.15, -0.1) is 0 Å². The number of aromatic carboxylic acids is 1. The van der Waals surface area contributed by atoms with Gasteiger partial charge in [0.2, 0.25) is 11.8 Å². The maximum Gasteiger partial charge on any atom is 0.335 e. The fourth-order valence-corrected chi connectivity index (χ4v) is 2.53. The lowest BCUT2D eigenvalue weighted by molar-refractivity contribution is -0.115. The number of carbonyl (C=O) groups is 3. The van der Waals surface area contributed by atoms with Crippen molar-refractivity contribution >= 4 is 29.2 Å². The van der Waals surface area contributed by atoms with Gasteiger partial charge in [-0.25, -0.2) is 4.79 Å². The Balaban J connectivity index is 0.000000140. The molecule has 2 aromatic rings. The van der Waals surface area contributed by atoms with Crippen LogP contribution in [0.4, 0.5) is 11.4 Å². The number of nitrogens with one attached hydrogen (secondary N) is 2. The number of hydrogen-bond donors (Lipinski definition) is 3. The van der Waals surface area contributed by atoms with Crippen LogP contribution in [0.1, 0.15) is 21.5 Å². The summed E-state index contributed by atoms with van der Waals surface area (Å²) in [7, 11) is 0. The number of benzene rings is 2. The summed E-state index contributed by atoms with van der Waals surface area (Å²) in [6, 6.07) is 12.4. The SMILES string of the molecule is O=C1Cc2cc(C(=O)O)ccc2N1.O=C1Cc2ccccc2N1. The Morgan fingerprint density at radius 2 is 1.48 bits per heavy atom. The van der Waals surface area contributed by atoms with Crippen LogP contribution in [0.2, 0.25) is 0 Å². The molecule has 3 N–H and O–H groups in total. The summed E-state index contributed by atoms with van der Waals surface area (Å²) in [5.41, 5.74) is 3.76. The number of hydrogen-bond acceptors (Lipinski definition) is 3. The van der Waals surface area contributed by atoms with Crippen molar-refractivity contribution in [2.24, 2.45) is 0 Å². The summed E-state index contributed by atoms with van der Waals surface area (Å²) in [6.45, 7) is 0. The van der Waals surface area contributed by atoms with E-state index in [1.54, 1.807) is 6.07 Å². The van der Waals surface area contributed by atoms with Gasteiger partial charge in [-0.05, 0) is 35.4 Å². The number of carbonyl (C=O) groups excluding carboxylic acids is 2. The van der Waals surface area contributed by atoms with Crippen LogP contribution >= 0.6 is 0 Å². The Kier molecular flexibility index (Phi) is 3.80. The minimum Gasteiger partial charge on any atom is -0.478 e. The van der Waals surface area contributed by atoms with Gasteiger partial charge in [-0.1, -0.05) is 18.2 Å². The summed E-state index contributed by atoms with van der Waals surface area (Å²) >= 11 is 0. The van der Waals surface area contributed by atoms with Crippen LogP contribution in [0.15, 0.2) is 42.5 Å². The van der Waals surface area contributed by atoms with E-state index < -0.39 is 5.97 Å². The average Bonchev–Trinajstić information content (AvgIpc) is 3.06. The maximum absolute atomic E-state index is 10.9. The predicted molar refractivity (Wildman–Crippen MR) is 84.5 cm³/mol. The number of anilines is 2. The molecule has 0 saturated heterocycles. The van der Waals surface area contributed by atoms with Gasteiger partial charge >= 0.3 is 5.97 Å². The molecule has 6 heteroatoms. The molecule has 116 valence electrons. The van der Waals surface area contributed by atoms with E-state index in [1.807, 2.05) is 24.3 Å². The highest BCUT2D eigenvalue weighted by molar-refractivity contribution is 6.00. The van der Waals surface area contributed by atoms with Crippen LogP contribution in [0.3, 0.4) is 0 Å². The molecule has 6 nitrogen and oxygen atoms in total. The zero-order valence-corrected chi connectivity index (χ0v) is 12.1. The molecule has 0 saturated carbocycles. The number of carboxylic acid groups (broad SMARTS) is 1. The van der Waals surface area contributed by atoms with Gasteiger partial charge in [0.1, 0.15) is 0 Å². The van der Waals surface area contributed by atoms with Crippen LogP contribution in [-0.4, -0.2) is 22.9 Å². The van der Waals surface area contributed by atoms with Crippen molar-refractivity contribution in [3.8, 4) is 0 Å². The first-order valence-electron chi connectivity index (χ1n) is 7.07. The monoisotopic (exact) mass is 310 g/mol. The fraction of sp³-hybridized carbons (Fsp3) is 0.118. The molecule has 0 aliphatic carbocycles. The van der Waals surface area contributed by atoms with Gasteiger partial charge in [0.25, 0.3) is 0 Å². The van der Waals surface area contributed by atoms with E-state index in [0.717, 1.165) is 22.5 Å². The molecule has 2 aliphatic heterocycles. The van der Waals surface area contributed by atoms with Gasteiger partial charge in [0, 0.05) is 11.4 Å². The first kappa shape index (κ1) is 14.8. The van der Waals surface area contributed by atoms with Gasteiger partial charge in [-0.2, -0.15) is 0 Å². The summed E-state index contributed by atoms with van der Waals surface area (Å²) in [5.74, 6) is -0.958. The van der Waals surface area contributed by atoms with E-state index in [9.17, 15) is 14.4 Å². The Hall–Kier alpha value is -3.15. The fourth-order valence-electron chi connectivity index (χ4n) is 2.53. The normalized spacial score (nSPS) is 14.1. The smallest absolute Gasteiger partial charge is 0.335 e. The molecule has 0 aromatic heterocycles. The third kappa shape index (κ3) is 3.21. The Bertz CT molecular complexity index is 787. The number of carboxylic acids is 1. The molecule has 2 heterocycles. The predicted octanol–water partition coefficient (Wildman–Crippen LogP) is 2.06. The second-order valence-corrected chi connectivity index (χ2v) is 5.28. The lowest BCUT2D eigenvalue weighted by Crippen LogP contribution is -2.03. The first-order valence-corrected chi connectivity index (χ1v) is 7.07. The Morgan fingerprint density at radius 3 is 2.13 bits per heavy atom. The molecule has 4 rings (SSSR count). The molecule has 0 bridgehead atoms. The molecular weight excluding hydrogens is 296 g/mol. The average molecular weight is 310 g/mol. The molecule has 2 aliphatic rings. The van der Waals surface area contributed by atoms with E-state index in [2.05, 4.69) is 10.6 Å². The highest BCUT2D eigenvalue weighted by Crippen LogP contribution is 2.23. The molecule has 2 aromatic carbocycles. The molecule has 0 fully saturated rings. The second kappa shape index (κ2) is 5.92. The molecule has 0 atom stereocenters. The Morgan fingerprint density at radius 1 is 0.870 bits per heavy atom. The minimum absolute atomic E-state index is 0.0856. The van der Waals surface area contributed by atoms with Crippen LogP contribution in [0.5, 0.6) is 0 Å². The zero-order chi connectivity index (χ0) is 16.4. The third-order valence-electron chi connectivity index (χ3n) is 3.62. The Labute approximate surface area is 132 Å². The molecule has 23 heavy (non-hydrogen) atoms. The molecule has 0 unspecified atom stereocenters. The van der Waals surface area contributed by atoms with Gasteiger partial charge in [0.15, 0.2) is 0 Å². The first-order chi connectivity index (χ1) is 11.0. The van der Waals surface area contributed by atoms with Gasteiger partial charge < -0.3 is 15.7 Å². The lowest BCUT2D eigenvalue weighted by Gasteiger charge is -1.98. The van der Waals surface area contributed by atoms with Gasteiger partial charge in [0.05, 0.1) is 18.4 Å². The maximum atomic E-state index is 10.9. The van der Waals surface area contributed by atoms with Crippen molar-refractivity contribution in [1.29, 1.82) is 0 Å². The third-order valence-corrected chi connectivity index (χ3v) is 3.62. The summed E-state index contributed by atoms with van der Waals surface area (Å²) < 4.78 is 0. The zero-order valence-electron chi connectivity index (χ0n) is 12.1.